The summed E-state index contributed by atoms with van der Waals surface area (Å²) in [5.74, 6) is 1.52. The second kappa shape index (κ2) is 48.0. The molecule has 5 aliphatic heterocycles. The zero-order valence-corrected chi connectivity index (χ0v) is 74.6. The van der Waals surface area contributed by atoms with Gasteiger partial charge in [-0.1, -0.05) is 24.3 Å². The van der Waals surface area contributed by atoms with Crippen LogP contribution in [0.3, 0.4) is 0 Å². The highest BCUT2D eigenvalue weighted by molar-refractivity contribution is 6.21. The quantitative estimate of drug-likeness (QED) is 0.00513. The van der Waals surface area contributed by atoms with Crippen LogP contribution in [-0.2, 0) is 53.6 Å². The van der Waals surface area contributed by atoms with Crippen molar-refractivity contribution < 1.29 is 99.9 Å². The maximum Gasteiger partial charge on any atom is 0.344 e. The molecular formula is C91H88F4N24O20. The number of nitrogens with two attached hydrogens (primary N) is 6. The Morgan fingerprint density at radius 1 is 0.525 bits per heavy atom. The van der Waals surface area contributed by atoms with E-state index in [-0.39, 0.29) is 87.2 Å². The number of carbonyl (C=O) groups is 9. The van der Waals surface area contributed by atoms with Crippen molar-refractivity contribution >= 4 is 123 Å². The Bertz CT molecular complexity index is 6720. The van der Waals surface area contributed by atoms with E-state index in [1.807, 2.05) is 31.3 Å². The number of rotatable bonds is 16. The number of aldehydes is 3. The number of nitro groups is 3. The van der Waals surface area contributed by atoms with Crippen LogP contribution in [0.15, 0.2) is 200 Å². The molecule has 1 fully saturated rings. The number of aryl methyl sites for hydroxylation is 4. The largest absolute Gasteiger partial charge is 0.465 e. The van der Waals surface area contributed by atoms with E-state index >= 15 is 0 Å². The molecule has 0 saturated carbocycles. The van der Waals surface area contributed by atoms with E-state index in [9.17, 15) is 91.1 Å². The first kappa shape index (κ1) is 105. The van der Waals surface area contributed by atoms with E-state index in [1.165, 1.54) is 115 Å². The number of nitrogens with zero attached hydrogens (tertiary/aromatic N) is 16. The fourth-order valence-corrected chi connectivity index (χ4v) is 14.3. The number of anilines is 6. The monoisotopic (exact) mass is 1910 g/mol. The number of aliphatic imine (C=N–C) groups is 1. The van der Waals surface area contributed by atoms with E-state index < -0.39 is 96.2 Å². The third kappa shape index (κ3) is 25.9. The highest BCUT2D eigenvalue weighted by Crippen LogP contribution is 2.47. The van der Waals surface area contributed by atoms with Crippen molar-refractivity contribution in [3.8, 4) is 0 Å². The number of fused-ring (bicyclic) bond motifs is 2. The topological polar surface area (TPSA) is 667 Å². The molecule has 139 heavy (non-hydrogen) atoms. The highest BCUT2D eigenvalue weighted by Gasteiger charge is 2.45. The van der Waals surface area contributed by atoms with Crippen molar-refractivity contribution in [2.75, 3.05) is 60.9 Å². The Balaban J connectivity index is 0.000000185. The number of methoxy groups -OCH3 is 2. The van der Waals surface area contributed by atoms with Gasteiger partial charge in [0.15, 0.2) is 23.2 Å². The lowest BCUT2D eigenvalue weighted by atomic mass is 9.78. The lowest BCUT2D eigenvalue weighted by Crippen LogP contribution is -2.37. The van der Waals surface area contributed by atoms with Crippen molar-refractivity contribution in [3.63, 3.8) is 0 Å². The molecule has 9 heterocycles. The molecule has 5 aliphatic rings. The number of ketones is 3. The molecular weight excluding hydrogens is 1830 g/mol. The number of hydrogen-bond donors (Lipinski definition) is 8. The van der Waals surface area contributed by atoms with Crippen molar-refractivity contribution in [1.82, 2.24) is 59.1 Å². The summed E-state index contributed by atoms with van der Waals surface area (Å²) in [6.07, 6.45) is 11.6. The average molecular weight is 1910 g/mol. The number of cyclic esters (lactones) is 1. The number of esters is 3. The summed E-state index contributed by atoms with van der Waals surface area (Å²) < 4.78 is 80.5. The number of hydrazine groups is 1. The van der Waals surface area contributed by atoms with Crippen LogP contribution in [0, 0.1) is 53.6 Å². The van der Waals surface area contributed by atoms with Crippen LogP contribution < -0.4 is 45.3 Å². The molecule has 44 nitrogen and oxygen atoms in total. The molecule has 48 heteroatoms. The fourth-order valence-electron chi connectivity index (χ4n) is 14.3. The summed E-state index contributed by atoms with van der Waals surface area (Å²) in [7, 11) is 8.84. The van der Waals surface area contributed by atoms with E-state index in [4.69, 9.17) is 37.1 Å². The molecule has 0 bridgehead atoms. The van der Waals surface area contributed by atoms with Gasteiger partial charge in [0, 0.05) is 115 Å². The predicted octanol–water partition coefficient (Wildman–Crippen LogP) is 10.3. The van der Waals surface area contributed by atoms with Gasteiger partial charge in [-0.25, -0.2) is 56.6 Å². The SMILES string of the molecule is CC1CCCO1.COC(=O)c1cc(F)cc([N+](=O)[O-])c1C(=O)Cc1ncnn1C.COC(=O)c1cc(F)cc2c1C(=O)C(c1ncnn1C)C(c1ccc(N)cc1)N2.Cn1ncnc1/C=C1\OC(=O)c2cc(F)cc([N+](=O)[O-])c21.Cn1ncnc1C1C2=NCC(=O)c3cc(F)cc(c32)NC1c1ccc(N)cc1.NN.Nc1ccc(C=O)cc1.Nc1ccc(C=O)cc1.O.O=Cc1ccc([N+](=O)[O-])cc1. The number of ether oxygens (including phenoxy) is 4. The van der Waals surface area contributed by atoms with E-state index in [2.05, 4.69) is 79.3 Å². The molecule has 9 aromatic carbocycles. The molecule has 0 spiro atoms. The molecule has 1 saturated heterocycles. The van der Waals surface area contributed by atoms with E-state index in [0.717, 1.165) is 67.4 Å². The summed E-state index contributed by atoms with van der Waals surface area (Å²) >= 11 is 0. The number of aromatic nitrogens is 12. The van der Waals surface area contributed by atoms with Crippen LogP contribution in [0.4, 0.5) is 68.7 Å². The summed E-state index contributed by atoms with van der Waals surface area (Å²) in [6.45, 7) is 3.10. The van der Waals surface area contributed by atoms with Gasteiger partial charge in [0.2, 0.25) is 0 Å². The smallest absolute Gasteiger partial charge is 0.344 e. The molecule has 720 valence electrons. The number of benzene rings is 9. The molecule has 4 aromatic heterocycles. The first-order valence-corrected chi connectivity index (χ1v) is 40.8. The molecule has 0 radical (unpaired) electrons. The molecule has 0 aliphatic carbocycles. The predicted molar refractivity (Wildman–Crippen MR) is 495 cm³/mol. The van der Waals surface area contributed by atoms with Gasteiger partial charge in [-0.3, -0.25) is 89.8 Å². The van der Waals surface area contributed by atoms with Crippen molar-refractivity contribution in [1.29, 1.82) is 0 Å². The average Bonchev–Trinajstić information content (AvgIpc) is 1.42. The lowest BCUT2D eigenvalue weighted by Gasteiger charge is -2.37. The van der Waals surface area contributed by atoms with Crippen LogP contribution >= 0.6 is 0 Å². The zero-order chi connectivity index (χ0) is 100. The standard InChI is InChI=1S/C20H17FN6O.C20H18FN5O3.C13H11FN4O5.C12H7FN4O4.C7H5NO3.2C7H7NO.C5H10O.H4N2.H2O/c1-27-20(24-9-25-27)17-18(10-2-4-12(22)5-3-10)26-14-7-11(21)6-13-15(28)8-23-19(17)16(13)14;1-26-19(23-9-24-26)16-17(10-3-5-12(22)6-4-10)25-14-8-11(21)7-13(20(28)29-2)15(14)18(16)27;1-17-11(15-6-16-17)5-10(19)12-8(13(20)23-2)3-7(14)4-9(12)18(21)22;1-16-10(14-5-15-16)4-9-11-7(12(18)21-9)2-6(13)3-8(11)17(19)20;9-5-6-1-3-7(4-2-6)8(10)11;2*8-7-3-1-6(5-9)2-4-7;1-5-3-2-4-6-5;1-2;/h2-7,9,17-18,26H,8,22H2,1H3;3-9,16-17,25H,22H2,1-2H3;3-4,6H,5H2,1-2H3;2-5H,1H3;1-5H;2*1-5H,8H2;5H,2-4H2,1H3;1-2H2;1H2/b;;;9-4-;;;;;;. The number of non-ortho nitro benzene ring substituents is 1. The number of nitrogens with one attached hydrogen (secondary N) is 2. The van der Waals surface area contributed by atoms with Gasteiger partial charge in [0.25, 0.3) is 17.1 Å². The minimum atomic E-state index is -1.05. The fraction of sp³-hybridized carbons (Fsp3) is 0.187. The van der Waals surface area contributed by atoms with Crippen LogP contribution in [0.2, 0.25) is 0 Å². The van der Waals surface area contributed by atoms with Crippen molar-refractivity contribution in [2.24, 2.45) is 44.9 Å². The van der Waals surface area contributed by atoms with Crippen LogP contribution in [0.5, 0.6) is 0 Å². The van der Waals surface area contributed by atoms with Crippen LogP contribution in [0.25, 0.3) is 11.8 Å². The Kier molecular flexibility index (Phi) is 36.2. The molecule has 16 N–H and O–H groups in total. The summed E-state index contributed by atoms with van der Waals surface area (Å²) in [4.78, 5) is 155. The molecule has 0 amide bonds. The van der Waals surface area contributed by atoms with Gasteiger partial charge in [0.05, 0.1) is 99.6 Å². The number of nitrogen functional groups attached to an aromatic ring is 4. The molecule has 18 rings (SSSR count). The van der Waals surface area contributed by atoms with E-state index in [0.29, 0.717) is 92.2 Å². The van der Waals surface area contributed by atoms with Crippen LogP contribution in [-0.4, -0.2) is 173 Å². The normalized spacial score (nSPS) is 15.3. The molecule has 13 aromatic rings. The Hall–Kier alpha value is -18.1. The summed E-state index contributed by atoms with van der Waals surface area (Å²) in [6, 6.07) is 40.4. The van der Waals surface area contributed by atoms with Gasteiger partial charge in [-0.15, -0.1) is 0 Å². The molecule has 5 atom stereocenters. The zero-order valence-electron chi connectivity index (χ0n) is 74.6. The maximum atomic E-state index is 14.2. The second-order valence-electron chi connectivity index (χ2n) is 29.8. The Morgan fingerprint density at radius 2 is 0.957 bits per heavy atom. The van der Waals surface area contributed by atoms with Crippen molar-refractivity contribution in [2.45, 2.75) is 56.2 Å². The number of nitro benzene ring substituents is 3. The number of hydrogen-bond acceptors (Lipinski definition) is 36. The number of Topliss-reactive ketones (excluding diaryl/α,β-unsaturated/α-hetero) is 3. The second-order valence-corrected chi connectivity index (χ2v) is 29.8. The van der Waals surface area contributed by atoms with Gasteiger partial charge >= 0.3 is 17.9 Å². The van der Waals surface area contributed by atoms with Gasteiger partial charge in [-0.05, 0) is 152 Å². The van der Waals surface area contributed by atoms with E-state index in [1.54, 1.807) is 91.6 Å². The molecule has 5 unspecified atom stereocenters. The van der Waals surface area contributed by atoms with Gasteiger partial charge in [0.1, 0.15) is 114 Å². The van der Waals surface area contributed by atoms with Gasteiger partial charge < -0.3 is 58.0 Å². The Morgan fingerprint density at radius 3 is 1.40 bits per heavy atom. The van der Waals surface area contributed by atoms with Crippen LogP contribution in [0.1, 0.15) is 182 Å². The third-order valence-electron chi connectivity index (χ3n) is 20.9. The highest BCUT2D eigenvalue weighted by atomic mass is 19.1. The lowest BCUT2D eigenvalue weighted by molar-refractivity contribution is -0.385. The maximum absolute atomic E-state index is 14.2. The number of halogens is 4. The minimum Gasteiger partial charge on any atom is -0.465 e. The summed E-state index contributed by atoms with van der Waals surface area (Å²) in [5.41, 5.74) is 28.2. The van der Waals surface area contributed by atoms with Gasteiger partial charge in [-0.2, -0.15) is 20.4 Å². The van der Waals surface area contributed by atoms with Crippen molar-refractivity contribution in [3.05, 3.63) is 344 Å². The first-order chi connectivity index (χ1) is 66.0. The third-order valence-corrected chi connectivity index (χ3v) is 20.9. The minimum absolute atomic E-state index is 0. The first-order valence-electron chi connectivity index (χ1n) is 40.8. The number of carbonyl (C=O) groups excluding carboxylic acids is 9. The Labute approximate surface area is 784 Å². The summed E-state index contributed by atoms with van der Waals surface area (Å²) in [5, 5.41) is 54.8.